The molecule has 0 aliphatic rings. The molecule has 3 aromatic rings. The van der Waals surface area contributed by atoms with Crippen molar-refractivity contribution in [3.8, 4) is 11.5 Å². The Kier molecular flexibility index (Phi) is 2.75. The van der Waals surface area contributed by atoms with E-state index in [0.717, 1.165) is 27.6 Å². The van der Waals surface area contributed by atoms with Crippen LogP contribution in [-0.2, 0) is 4.74 Å². The molecule has 0 unspecified atom stereocenters. The van der Waals surface area contributed by atoms with Gasteiger partial charge in [-0.25, -0.2) is 4.79 Å². The Bertz CT molecular complexity index is 819. The number of aromatic hydroxyl groups is 1. The normalized spacial score (nSPS) is 10.9. The van der Waals surface area contributed by atoms with E-state index in [1.807, 2.05) is 18.2 Å². The second-order valence-electron chi connectivity index (χ2n) is 4.44. The summed E-state index contributed by atoms with van der Waals surface area (Å²) in [5.74, 6) is 0.0663. The van der Waals surface area contributed by atoms with Gasteiger partial charge in [0.15, 0.2) is 0 Å². The van der Waals surface area contributed by atoms with Crippen molar-refractivity contribution in [2.45, 2.75) is 0 Å². The van der Waals surface area contributed by atoms with Crippen LogP contribution in [0.5, 0.6) is 11.5 Å². The predicted octanol–water partition coefficient (Wildman–Crippen LogP) is 2.82. The van der Waals surface area contributed by atoms with E-state index in [1.54, 1.807) is 13.2 Å². The molecule has 0 atom stereocenters. The number of carbonyl (C=O) groups excluding carboxylic acids is 1. The zero-order valence-corrected chi connectivity index (χ0v) is 11.1. The number of phenolic OH excluding ortho intramolecular Hbond substituents is 1. The van der Waals surface area contributed by atoms with E-state index in [1.165, 1.54) is 13.2 Å². The first-order chi connectivity index (χ1) is 9.63. The summed E-state index contributed by atoms with van der Waals surface area (Å²) in [6.45, 7) is 0. The molecular formula is C15H13NO4. The van der Waals surface area contributed by atoms with Crippen LogP contribution in [0.4, 0.5) is 0 Å². The summed E-state index contributed by atoms with van der Waals surface area (Å²) in [6, 6.07) is 8.77. The van der Waals surface area contributed by atoms with Crippen LogP contribution in [0, 0.1) is 0 Å². The van der Waals surface area contributed by atoms with Crippen molar-refractivity contribution in [2.75, 3.05) is 14.2 Å². The molecule has 5 heteroatoms. The van der Waals surface area contributed by atoms with Gasteiger partial charge in [-0.05, 0) is 18.2 Å². The van der Waals surface area contributed by atoms with Gasteiger partial charge in [0.1, 0.15) is 17.1 Å². The first kappa shape index (κ1) is 12.3. The fraction of sp³-hybridized carbons (Fsp3) is 0.133. The number of rotatable bonds is 2. The number of hydrogen-bond donors (Lipinski definition) is 2. The molecule has 0 fully saturated rings. The maximum atomic E-state index is 11.6. The Labute approximate surface area is 114 Å². The van der Waals surface area contributed by atoms with E-state index in [-0.39, 0.29) is 11.3 Å². The first-order valence-electron chi connectivity index (χ1n) is 6.05. The Morgan fingerprint density at radius 2 is 1.85 bits per heavy atom. The highest BCUT2D eigenvalue weighted by Crippen LogP contribution is 2.32. The molecule has 20 heavy (non-hydrogen) atoms. The second kappa shape index (κ2) is 4.45. The third-order valence-corrected chi connectivity index (χ3v) is 3.33. The molecule has 0 bridgehead atoms. The van der Waals surface area contributed by atoms with Gasteiger partial charge in [0.2, 0.25) is 0 Å². The van der Waals surface area contributed by atoms with Crippen molar-refractivity contribution >= 4 is 27.8 Å². The van der Waals surface area contributed by atoms with E-state index in [4.69, 9.17) is 4.74 Å². The summed E-state index contributed by atoms with van der Waals surface area (Å²) < 4.78 is 9.84. The van der Waals surface area contributed by atoms with Crippen LogP contribution in [0.2, 0.25) is 0 Å². The zero-order valence-electron chi connectivity index (χ0n) is 11.1. The number of ether oxygens (including phenoxy) is 2. The van der Waals surface area contributed by atoms with Crippen molar-refractivity contribution < 1.29 is 19.4 Å². The molecule has 5 nitrogen and oxygen atoms in total. The Hall–Kier alpha value is -2.69. The van der Waals surface area contributed by atoms with E-state index in [9.17, 15) is 9.90 Å². The van der Waals surface area contributed by atoms with Crippen molar-refractivity contribution in [2.24, 2.45) is 0 Å². The van der Waals surface area contributed by atoms with Crippen LogP contribution in [0.25, 0.3) is 21.8 Å². The Morgan fingerprint density at radius 3 is 2.55 bits per heavy atom. The van der Waals surface area contributed by atoms with Crippen LogP contribution < -0.4 is 4.74 Å². The van der Waals surface area contributed by atoms with Crippen molar-refractivity contribution in [1.29, 1.82) is 0 Å². The second-order valence-corrected chi connectivity index (χ2v) is 4.44. The number of aromatic amines is 1. The molecule has 0 radical (unpaired) electrons. The van der Waals surface area contributed by atoms with Crippen LogP contribution >= 0.6 is 0 Å². The molecule has 0 saturated carbocycles. The molecule has 0 amide bonds. The molecule has 0 spiro atoms. The highest BCUT2D eigenvalue weighted by Gasteiger charge is 2.15. The molecule has 2 N–H and O–H groups in total. The van der Waals surface area contributed by atoms with Gasteiger partial charge in [-0.3, -0.25) is 0 Å². The summed E-state index contributed by atoms with van der Waals surface area (Å²) >= 11 is 0. The summed E-state index contributed by atoms with van der Waals surface area (Å²) in [5.41, 5.74) is 1.77. The lowest BCUT2D eigenvalue weighted by atomic mass is 10.1. The van der Waals surface area contributed by atoms with Crippen molar-refractivity contribution in [3.05, 3.63) is 35.9 Å². The number of esters is 1. The van der Waals surface area contributed by atoms with Gasteiger partial charge in [-0.1, -0.05) is 0 Å². The van der Waals surface area contributed by atoms with Crippen LogP contribution in [-0.4, -0.2) is 30.3 Å². The summed E-state index contributed by atoms with van der Waals surface area (Å²) in [6.07, 6.45) is 0. The SMILES string of the molecule is COC(=O)c1cc2c(cc1O)[nH]c1cc(OC)ccc12. The zero-order chi connectivity index (χ0) is 14.3. The van der Waals surface area contributed by atoms with Crippen molar-refractivity contribution in [3.63, 3.8) is 0 Å². The molecule has 0 saturated heterocycles. The van der Waals surface area contributed by atoms with Gasteiger partial charge in [-0.2, -0.15) is 0 Å². The van der Waals surface area contributed by atoms with Gasteiger partial charge in [0, 0.05) is 22.9 Å². The van der Waals surface area contributed by atoms with Gasteiger partial charge in [0.25, 0.3) is 0 Å². The largest absolute Gasteiger partial charge is 0.507 e. The third kappa shape index (κ3) is 1.75. The van der Waals surface area contributed by atoms with E-state index in [0.29, 0.717) is 0 Å². The van der Waals surface area contributed by atoms with Gasteiger partial charge in [-0.15, -0.1) is 0 Å². The Morgan fingerprint density at radius 1 is 1.10 bits per heavy atom. The minimum atomic E-state index is -0.563. The fourth-order valence-corrected chi connectivity index (χ4v) is 2.32. The van der Waals surface area contributed by atoms with Crippen LogP contribution in [0.3, 0.4) is 0 Å². The number of benzene rings is 2. The summed E-state index contributed by atoms with van der Waals surface area (Å²) in [5, 5.41) is 11.7. The number of carbonyl (C=O) groups is 1. The third-order valence-electron chi connectivity index (χ3n) is 3.33. The standard InChI is InChI=1S/C15H13NO4/c1-19-8-3-4-9-10-6-11(15(18)20-2)14(17)7-13(10)16-12(9)5-8/h3-7,16-17H,1-2H3. The molecule has 0 aliphatic heterocycles. The number of H-pyrrole nitrogens is 1. The number of fused-ring (bicyclic) bond motifs is 3. The molecule has 1 aromatic heterocycles. The average Bonchev–Trinajstić information content (AvgIpc) is 2.81. The van der Waals surface area contributed by atoms with E-state index >= 15 is 0 Å². The maximum absolute atomic E-state index is 11.6. The van der Waals surface area contributed by atoms with E-state index < -0.39 is 5.97 Å². The minimum absolute atomic E-state index is 0.108. The first-order valence-corrected chi connectivity index (χ1v) is 6.05. The van der Waals surface area contributed by atoms with Gasteiger partial charge >= 0.3 is 5.97 Å². The van der Waals surface area contributed by atoms with Crippen LogP contribution in [0.1, 0.15) is 10.4 Å². The summed E-state index contributed by atoms with van der Waals surface area (Å²) in [7, 11) is 2.89. The lowest BCUT2D eigenvalue weighted by molar-refractivity contribution is 0.0597. The predicted molar refractivity (Wildman–Crippen MR) is 75.4 cm³/mol. The number of hydrogen-bond acceptors (Lipinski definition) is 4. The highest BCUT2D eigenvalue weighted by molar-refractivity contribution is 6.10. The molecular weight excluding hydrogens is 258 g/mol. The minimum Gasteiger partial charge on any atom is -0.507 e. The monoisotopic (exact) mass is 271 g/mol. The number of nitrogens with one attached hydrogen (secondary N) is 1. The lowest BCUT2D eigenvalue weighted by Gasteiger charge is -2.03. The molecule has 0 aliphatic carbocycles. The molecule has 102 valence electrons. The number of methoxy groups -OCH3 is 2. The Balaban J connectivity index is 2.32. The molecule has 3 rings (SSSR count). The smallest absolute Gasteiger partial charge is 0.341 e. The number of aromatic nitrogens is 1. The average molecular weight is 271 g/mol. The fourth-order valence-electron chi connectivity index (χ4n) is 2.32. The van der Waals surface area contributed by atoms with Gasteiger partial charge < -0.3 is 19.6 Å². The lowest BCUT2D eigenvalue weighted by Crippen LogP contribution is -2.01. The molecule has 2 aromatic carbocycles. The number of phenols is 1. The topological polar surface area (TPSA) is 71.5 Å². The van der Waals surface area contributed by atoms with Crippen molar-refractivity contribution in [1.82, 2.24) is 4.98 Å². The summed E-state index contributed by atoms with van der Waals surface area (Å²) in [4.78, 5) is 14.8. The quantitative estimate of drug-likeness (QED) is 0.703. The maximum Gasteiger partial charge on any atom is 0.341 e. The molecule has 1 heterocycles. The van der Waals surface area contributed by atoms with Gasteiger partial charge in [0.05, 0.1) is 25.3 Å². The van der Waals surface area contributed by atoms with Crippen LogP contribution in [0.15, 0.2) is 30.3 Å². The van der Waals surface area contributed by atoms with E-state index in [2.05, 4.69) is 9.72 Å². The highest BCUT2D eigenvalue weighted by atomic mass is 16.5.